The second kappa shape index (κ2) is 14.5. The lowest BCUT2D eigenvalue weighted by atomic mass is 10.0. The largest absolute Gasteiger partial charge is 0.438 e. The molecular formula is C35H37N5O5S. The zero-order chi connectivity index (χ0) is 32.7. The average molecular weight is 640 g/mol. The molecule has 10 nitrogen and oxygen atoms in total. The Morgan fingerprint density at radius 3 is 2.37 bits per heavy atom. The first-order chi connectivity index (χ1) is 22.1. The third kappa shape index (κ3) is 8.23. The van der Waals surface area contributed by atoms with Gasteiger partial charge >= 0.3 is 6.09 Å². The van der Waals surface area contributed by atoms with E-state index >= 15 is 0 Å². The fraction of sp³-hybridized carbons (Fsp3) is 0.257. The van der Waals surface area contributed by atoms with Crippen LogP contribution in [0.2, 0.25) is 0 Å². The van der Waals surface area contributed by atoms with Gasteiger partial charge in [-0.3, -0.25) is 9.78 Å². The van der Waals surface area contributed by atoms with Gasteiger partial charge in [0.2, 0.25) is 15.9 Å². The molecule has 1 fully saturated rings. The molecule has 1 aliphatic carbocycles. The summed E-state index contributed by atoms with van der Waals surface area (Å²) in [6, 6.07) is 26.7. The van der Waals surface area contributed by atoms with Crippen molar-refractivity contribution in [3.8, 4) is 11.1 Å². The van der Waals surface area contributed by atoms with Crippen LogP contribution in [0.25, 0.3) is 11.1 Å². The number of aromatic nitrogens is 1. The number of amidine groups is 1. The summed E-state index contributed by atoms with van der Waals surface area (Å²) in [5.41, 5.74) is 10.2. The smallest absolute Gasteiger partial charge is 0.436 e. The van der Waals surface area contributed by atoms with Gasteiger partial charge in [-0.05, 0) is 60.7 Å². The number of pyridine rings is 1. The quantitative estimate of drug-likeness (QED) is 0.171. The standard InChI is InChI=1S/C35H37N5O5S/c1-24(31-14-6-7-20-38-31)45-35(42)39-34(36)28-10-8-9-26(21-28)23-40(29-11-2-3-12-29)33(41)22-25-16-18-27(19-17-25)30-13-4-5-15-32(30)46(37,43)44/h4-10,13-21,24,29H,2-3,11-12,22-23H2,1H3,(H2,36,39,42)(H2,37,43,44). The van der Waals surface area contributed by atoms with E-state index in [1.165, 1.54) is 6.07 Å². The van der Waals surface area contributed by atoms with Crippen molar-refractivity contribution in [1.29, 1.82) is 0 Å². The minimum absolute atomic E-state index is 0.0104. The number of nitrogens with zero attached hydrogens (tertiary/aromatic N) is 3. The summed E-state index contributed by atoms with van der Waals surface area (Å²) in [7, 11) is -3.89. The van der Waals surface area contributed by atoms with Crippen molar-refractivity contribution in [2.45, 2.75) is 62.6 Å². The fourth-order valence-corrected chi connectivity index (χ4v) is 6.47. The van der Waals surface area contributed by atoms with Gasteiger partial charge in [-0.15, -0.1) is 0 Å². The summed E-state index contributed by atoms with van der Waals surface area (Å²) in [6.45, 7) is 2.09. The van der Waals surface area contributed by atoms with Gasteiger partial charge < -0.3 is 15.4 Å². The molecule has 4 N–H and O–H groups in total. The van der Waals surface area contributed by atoms with E-state index in [4.69, 9.17) is 15.6 Å². The Kier molecular flexibility index (Phi) is 10.2. The van der Waals surface area contributed by atoms with Gasteiger partial charge in [0, 0.05) is 29.9 Å². The topological polar surface area (TPSA) is 158 Å². The molecule has 1 saturated carbocycles. The molecule has 1 unspecified atom stereocenters. The summed E-state index contributed by atoms with van der Waals surface area (Å²) in [4.78, 5) is 36.3. The second-order valence-electron chi connectivity index (χ2n) is 11.4. The lowest BCUT2D eigenvalue weighted by Gasteiger charge is -2.29. The molecule has 1 heterocycles. The van der Waals surface area contributed by atoms with E-state index in [0.29, 0.717) is 28.9 Å². The summed E-state index contributed by atoms with van der Waals surface area (Å²) in [6.07, 6.45) is 4.39. The number of aliphatic imine (C=N–C) groups is 1. The monoisotopic (exact) mass is 639 g/mol. The normalized spacial score (nSPS) is 14.5. The number of nitrogens with two attached hydrogens (primary N) is 2. The van der Waals surface area contributed by atoms with Crippen molar-refractivity contribution in [2.75, 3.05) is 0 Å². The van der Waals surface area contributed by atoms with Crippen molar-refractivity contribution >= 4 is 27.9 Å². The van der Waals surface area contributed by atoms with Crippen molar-refractivity contribution in [3.63, 3.8) is 0 Å². The van der Waals surface area contributed by atoms with Crippen LogP contribution < -0.4 is 10.9 Å². The van der Waals surface area contributed by atoms with Crippen LogP contribution in [0.4, 0.5) is 4.79 Å². The molecule has 3 aromatic carbocycles. The molecule has 46 heavy (non-hydrogen) atoms. The van der Waals surface area contributed by atoms with E-state index in [0.717, 1.165) is 36.8 Å². The maximum Gasteiger partial charge on any atom is 0.436 e. The first-order valence-electron chi connectivity index (χ1n) is 15.1. The maximum atomic E-state index is 13.7. The molecule has 238 valence electrons. The number of rotatable bonds is 10. The number of amides is 2. The highest BCUT2D eigenvalue weighted by Gasteiger charge is 2.27. The summed E-state index contributed by atoms with van der Waals surface area (Å²) >= 11 is 0. The van der Waals surface area contributed by atoms with E-state index < -0.39 is 22.2 Å². The highest BCUT2D eigenvalue weighted by Crippen LogP contribution is 2.29. The lowest BCUT2D eigenvalue weighted by Crippen LogP contribution is -2.39. The lowest BCUT2D eigenvalue weighted by molar-refractivity contribution is -0.133. The Morgan fingerprint density at radius 1 is 0.957 bits per heavy atom. The number of ether oxygens (including phenoxy) is 1. The number of carbonyl (C=O) groups is 2. The third-order valence-electron chi connectivity index (χ3n) is 8.07. The van der Waals surface area contributed by atoms with Crippen LogP contribution >= 0.6 is 0 Å². The summed E-state index contributed by atoms with van der Waals surface area (Å²) in [5.74, 6) is 0.00614. The molecule has 1 atom stereocenters. The van der Waals surface area contributed by atoms with Gasteiger partial charge in [0.05, 0.1) is 17.0 Å². The molecule has 0 saturated heterocycles. The highest BCUT2D eigenvalue weighted by atomic mass is 32.2. The molecule has 1 aliphatic rings. The molecule has 2 amide bonds. The summed E-state index contributed by atoms with van der Waals surface area (Å²) < 4.78 is 29.5. The zero-order valence-corrected chi connectivity index (χ0v) is 26.4. The van der Waals surface area contributed by atoms with Gasteiger partial charge in [0.15, 0.2) is 0 Å². The van der Waals surface area contributed by atoms with Crippen LogP contribution in [0.15, 0.2) is 107 Å². The van der Waals surface area contributed by atoms with E-state index in [1.54, 1.807) is 61.7 Å². The molecule has 0 bridgehead atoms. The predicted octanol–water partition coefficient (Wildman–Crippen LogP) is 5.51. The number of hydrogen-bond donors (Lipinski definition) is 2. The first kappa shape index (κ1) is 32.5. The molecule has 0 radical (unpaired) electrons. The number of primary sulfonamides is 1. The van der Waals surface area contributed by atoms with Gasteiger partial charge in [0.1, 0.15) is 11.9 Å². The van der Waals surface area contributed by atoms with E-state index in [9.17, 15) is 18.0 Å². The number of carbonyl (C=O) groups excluding carboxylic acids is 2. The first-order valence-corrected chi connectivity index (χ1v) is 16.7. The fourth-order valence-electron chi connectivity index (χ4n) is 5.71. The average Bonchev–Trinajstić information content (AvgIpc) is 3.59. The van der Waals surface area contributed by atoms with E-state index in [2.05, 4.69) is 9.98 Å². The molecule has 5 rings (SSSR count). The SMILES string of the molecule is CC(OC(=O)N=C(N)c1cccc(CN(C(=O)Cc2ccc(-c3ccccc3S(N)(=O)=O)cc2)C2CCCC2)c1)c1ccccn1. The van der Waals surface area contributed by atoms with Gasteiger partial charge in [0.25, 0.3) is 0 Å². The molecule has 0 spiro atoms. The Bertz CT molecular complexity index is 1820. The Balaban J connectivity index is 1.29. The number of benzene rings is 3. The Labute approximate surface area is 269 Å². The van der Waals surface area contributed by atoms with Crippen molar-refractivity contribution in [2.24, 2.45) is 15.9 Å². The molecular weight excluding hydrogens is 602 g/mol. The Morgan fingerprint density at radius 2 is 1.67 bits per heavy atom. The van der Waals surface area contributed by atoms with Crippen LogP contribution in [0, 0.1) is 0 Å². The zero-order valence-electron chi connectivity index (χ0n) is 25.6. The minimum Gasteiger partial charge on any atom is -0.438 e. The van der Waals surface area contributed by atoms with Crippen LogP contribution in [0.1, 0.15) is 61.1 Å². The summed E-state index contributed by atoms with van der Waals surface area (Å²) in [5, 5.41) is 5.42. The van der Waals surface area contributed by atoms with Gasteiger partial charge in [-0.1, -0.05) is 79.6 Å². The Hall–Kier alpha value is -4.87. The van der Waals surface area contributed by atoms with Crippen LogP contribution in [0.5, 0.6) is 0 Å². The molecule has 11 heteroatoms. The predicted molar refractivity (Wildman–Crippen MR) is 176 cm³/mol. The van der Waals surface area contributed by atoms with E-state index in [1.807, 2.05) is 41.3 Å². The minimum atomic E-state index is -3.89. The highest BCUT2D eigenvalue weighted by molar-refractivity contribution is 7.89. The van der Waals surface area contributed by atoms with Crippen molar-refractivity contribution < 1.29 is 22.7 Å². The number of hydrogen-bond acceptors (Lipinski definition) is 6. The van der Waals surface area contributed by atoms with Crippen molar-refractivity contribution in [3.05, 3.63) is 120 Å². The molecule has 0 aliphatic heterocycles. The van der Waals surface area contributed by atoms with Crippen LogP contribution in [-0.2, 0) is 32.5 Å². The third-order valence-corrected chi connectivity index (χ3v) is 9.04. The molecule has 4 aromatic rings. The molecule has 1 aromatic heterocycles. The van der Waals surface area contributed by atoms with Gasteiger partial charge in [-0.25, -0.2) is 18.4 Å². The number of sulfonamides is 1. The second-order valence-corrected chi connectivity index (χ2v) is 12.9. The van der Waals surface area contributed by atoms with Gasteiger partial charge in [-0.2, -0.15) is 4.99 Å². The maximum absolute atomic E-state index is 13.7. The van der Waals surface area contributed by atoms with Crippen molar-refractivity contribution in [1.82, 2.24) is 9.88 Å². The van der Waals surface area contributed by atoms with Crippen LogP contribution in [-0.4, -0.2) is 42.2 Å². The van der Waals surface area contributed by atoms with Crippen LogP contribution in [0.3, 0.4) is 0 Å². The van der Waals surface area contributed by atoms with E-state index in [-0.39, 0.29) is 29.1 Å².